The van der Waals surface area contributed by atoms with Crippen molar-refractivity contribution in [3.63, 3.8) is 0 Å². The predicted molar refractivity (Wildman–Crippen MR) is 51.8 cm³/mol. The Balaban J connectivity index is 2.68. The minimum absolute atomic E-state index is 0.0565. The SMILES string of the molecule is ON(O)c1cccc(OCCBr)c1. The van der Waals surface area contributed by atoms with Crippen molar-refractivity contribution >= 4 is 21.6 Å². The zero-order chi connectivity index (χ0) is 9.68. The molecule has 0 saturated heterocycles. The van der Waals surface area contributed by atoms with E-state index >= 15 is 0 Å². The number of nitrogens with zero attached hydrogens (tertiary/aromatic N) is 1. The second-order valence-electron chi connectivity index (χ2n) is 2.32. The van der Waals surface area contributed by atoms with Gasteiger partial charge in [0.2, 0.25) is 0 Å². The largest absolute Gasteiger partial charge is 0.493 e. The van der Waals surface area contributed by atoms with Gasteiger partial charge in [0, 0.05) is 11.4 Å². The maximum absolute atomic E-state index is 8.70. The normalized spacial score (nSPS) is 9.77. The highest BCUT2D eigenvalue weighted by Gasteiger charge is 2.00. The fourth-order valence-electron chi connectivity index (χ4n) is 0.854. The van der Waals surface area contributed by atoms with Gasteiger partial charge < -0.3 is 4.74 Å². The van der Waals surface area contributed by atoms with Gasteiger partial charge in [0.25, 0.3) is 0 Å². The third-order valence-electron chi connectivity index (χ3n) is 1.39. The molecule has 1 aromatic rings. The van der Waals surface area contributed by atoms with Gasteiger partial charge in [0.05, 0.1) is 12.3 Å². The topological polar surface area (TPSA) is 52.9 Å². The minimum atomic E-state index is 0.0565. The first-order valence-corrected chi connectivity index (χ1v) is 4.83. The van der Waals surface area contributed by atoms with Gasteiger partial charge in [-0.25, -0.2) is 0 Å². The summed E-state index contributed by atoms with van der Waals surface area (Å²) in [5.74, 6) is 0.602. The standard InChI is InChI=1S/C8H10BrNO3/c9-4-5-13-8-3-1-2-7(6-8)10(11)12/h1-3,6,11-12H,4-5H2. The van der Waals surface area contributed by atoms with Crippen LogP contribution in [0.4, 0.5) is 5.69 Å². The quantitative estimate of drug-likeness (QED) is 0.632. The zero-order valence-corrected chi connectivity index (χ0v) is 8.44. The van der Waals surface area contributed by atoms with Crippen LogP contribution in [0, 0.1) is 0 Å². The van der Waals surface area contributed by atoms with Crippen LogP contribution in [0.2, 0.25) is 0 Å². The second-order valence-corrected chi connectivity index (χ2v) is 3.12. The fraction of sp³-hybridized carbons (Fsp3) is 0.250. The highest BCUT2D eigenvalue weighted by Crippen LogP contribution is 2.18. The summed E-state index contributed by atoms with van der Waals surface area (Å²) < 4.78 is 5.25. The number of halogens is 1. The molecule has 5 heteroatoms. The van der Waals surface area contributed by atoms with E-state index in [1.54, 1.807) is 18.2 Å². The van der Waals surface area contributed by atoms with Crippen molar-refractivity contribution in [3.8, 4) is 5.75 Å². The number of hydrogen-bond acceptors (Lipinski definition) is 4. The Morgan fingerprint density at radius 1 is 1.38 bits per heavy atom. The van der Waals surface area contributed by atoms with E-state index in [0.29, 0.717) is 12.4 Å². The summed E-state index contributed by atoms with van der Waals surface area (Å²) in [5.41, 5.74) is 0.270. The first kappa shape index (κ1) is 10.3. The molecule has 4 nitrogen and oxygen atoms in total. The molecule has 0 unspecified atom stereocenters. The Morgan fingerprint density at radius 2 is 2.15 bits per heavy atom. The van der Waals surface area contributed by atoms with Crippen LogP contribution in [-0.4, -0.2) is 22.4 Å². The molecule has 72 valence electrons. The molecule has 0 radical (unpaired) electrons. The van der Waals surface area contributed by atoms with Gasteiger partial charge in [-0.15, -0.1) is 5.23 Å². The maximum atomic E-state index is 8.70. The molecular formula is C8H10BrNO3. The average molecular weight is 248 g/mol. The lowest BCUT2D eigenvalue weighted by atomic mass is 10.3. The molecule has 0 spiro atoms. The molecule has 0 aliphatic heterocycles. The van der Waals surface area contributed by atoms with E-state index in [2.05, 4.69) is 15.9 Å². The van der Waals surface area contributed by atoms with Gasteiger partial charge in [-0.1, -0.05) is 22.0 Å². The summed E-state index contributed by atoms with van der Waals surface area (Å²) in [7, 11) is 0. The van der Waals surface area contributed by atoms with E-state index in [0.717, 1.165) is 5.33 Å². The van der Waals surface area contributed by atoms with Crippen LogP contribution in [0.3, 0.4) is 0 Å². The van der Waals surface area contributed by atoms with Gasteiger partial charge in [-0.2, -0.15) is 0 Å². The monoisotopic (exact) mass is 247 g/mol. The molecular weight excluding hydrogens is 238 g/mol. The van der Waals surface area contributed by atoms with Gasteiger partial charge >= 0.3 is 0 Å². The summed E-state index contributed by atoms with van der Waals surface area (Å²) in [5, 5.41) is 18.2. The second kappa shape index (κ2) is 5.06. The number of hydrogen-bond donors (Lipinski definition) is 2. The zero-order valence-electron chi connectivity index (χ0n) is 6.85. The number of ether oxygens (including phenoxy) is 1. The molecule has 1 aromatic carbocycles. The smallest absolute Gasteiger partial charge is 0.121 e. The molecule has 0 fully saturated rings. The highest BCUT2D eigenvalue weighted by atomic mass is 79.9. The van der Waals surface area contributed by atoms with Crippen molar-refractivity contribution < 1.29 is 15.2 Å². The molecule has 13 heavy (non-hydrogen) atoms. The number of alkyl halides is 1. The Bertz CT molecular complexity index is 267. The summed E-state index contributed by atoms with van der Waals surface area (Å²) in [6.07, 6.45) is 0. The first-order chi connectivity index (χ1) is 6.24. The van der Waals surface area contributed by atoms with Crippen LogP contribution in [0.15, 0.2) is 24.3 Å². The van der Waals surface area contributed by atoms with E-state index in [-0.39, 0.29) is 10.9 Å². The van der Waals surface area contributed by atoms with E-state index in [9.17, 15) is 0 Å². The highest BCUT2D eigenvalue weighted by molar-refractivity contribution is 9.09. The fourth-order valence-corrected chi connectivity index (χ4v) is 1.02. The third kappa shape index (κ3) is 3.22. The average Bonchev–Trinajstić information content (AvgIpc) is 2.15. The summed E-state index contributed by atoms with van der Waals surface area (Å²) >= 11 is 3.22. The molecule has 0 aromatic heterocycles. The van der Waals surface area contributed by atoms with Gasteiger partial charge in [0.15, 0.2) is 0 Å². The van der Waals surface area contributed by atoms with Gasteiger partial charge in [-0.05, 0) is 12.1 Å². The van der Waals surface area contributed by atoms with Crippen molar-refractivity contribution in [2.75, 3.05) is 17.2 Å². The number of rotatable bonds is 4. The van der Waals surface area contributed by atoms with Crippen molar-refractivity contribution in [2.45, 2.75) is 0 Å². The van der Waals surface area contributed by atoms with Crippen molar-refractivity contribution in [1.29, 1.82) is 0 Å². The molecule has 0 amide bonds. The Kier molecular flexibility index (Phi) is 4.01. The number of anilines is 1. The summed E-state index contributed by atoms with van der Waals surface area (Å²) in [4.78, 5) is 0. The lowest BCUT2D eigenvalue weighted by Crippen LogP contribution is -2.10. The van der Waals surface area contributed by atoms with Crippen molar-refractivity contribution in [2.24, 2.45) is 0 Å². The predicted octanol–water partition coefficient (Wildman–Crippen LogP) is 2.05. The van der Waals surface area contributed by atoms with E-state index in [4.69, 9.17) is 15.2 Å². The van der Waals surface area contributed by atoms with Crippen molar-refractivity contribution in [3.05, 3.63) is 24.3 Å². The van der Waals surface area contributed by atoms with Gasteiger partial charge in [0.1, 0.15) is 5.75 Å². The molecule has 1 rings (SSSR count). The van der Waals surface area contributed by atoms with Crippen LogP contribution in [0.1, 0.15) is 0 Å². The molecule has 2 N–H and O–H groups in total. The lowest BCUT2D eigenvalue weighted by molar-refractivity contribution is 0.0290. The summed E-state index contributed by atoms with van der Waals surface area (Å²) in [6.45, 7) is 0.542. The van der Waals surface area contributed by atoms with Crippen LogP contribution < -0.4 is 9.96 Å². The van der Waals surface area contributed by atoms with Crippen molar-refractivity contribution in [1.82, 2.24) is 0 Å². The molecule has 0 atom stereocenters. The number of benzene rings is 1. The van der Waals surface area contributed by atoms with Gasteiger partial charge in [-0.3, -0.25) is 10.4 Å². The lowest BCUT2D eigenvalue weighted by Gasteiger charge is -2.09. The van der Waals surface area contributed by atoms with E-state index < -0.39 is 0 Å². The molecule has 0 saturated carbocycles. The Hall–Kier alpha value is -0.780. The third-order valence-corrected chi connectivity index (χ3v) is 1.72. The maximum Gasteiger partial charge on any atom is 0.121 e. The van der Waals surface area contributed by atoms with E-state index in [1.807, 2.05) is 0 Å². The molecule has 0 bridgehead atoms. The minimum Gasteiger partial charge on any atom is -0.493 e. The first-order valence-electron chi connectivity index (χ1n) is 3.71. The van der Waals surface area contributed by atoms with Crippen LogP contribution in [0.25, 0.3) is 0 Å². The summed E-state index contributed by atoms with van der Waals surface area (Å²) in [6, 6.07) is 6.51. The Morgan fingerprint density at radius 3 is 2.77 bits per heavy atom. The molecule has 0 aliphatic carbocycles. The van der Waals surface area contributed by atoms with E-state index in [1.165, 1.54) is 6.07 Å². The van der Waals surface area contributed by atoms with Crippen LogP contribution in [-0.2, 0) is 0 Å². The Labute approximate surface area is 84.4 Å². The van der Waals surface area contributed by atoms with Crippen LogP contribution >= 0.6 is 15.9 Å². The molecule has 0 heterocycles. The van der Waals surface area contributed by atoms with Crippen LogP contribution in [0.5, 0.6) is 5.75 Å². The molecule has 0 aliphatic rings.